The molecule has 1 heterocycles. The molecule has 2 fully saturated rings. The van der Waals surface area contributed by atoms with Crippen molar-refractivity contribution in [3.8, 4) is 0 Å². The highest BCUT2D eigenvalue weighted by molar-refractivity contribution is 6.14. The molecule has 0 spiro atoms. The summed E-state index contributed by atoms with van der Waals surface area (Å²) in [5, 5.41) is 9.04. The molecule has 174 valence electrons. The minimum absolute atomic E-state index is 0.111. The maximum atomic E-state index is 13.7. The Morgan fingerprint density at radius 2 is 1.44 bits per heavy atom. The van der Waals surface area contributed by atoms with Crippen molar-refractivity contribution < 1.29 is 9.59 Å². The van der Waals surface area contributed by atoms with Crippen molar-refractivity contribution in [1.29, 1.82) is 0 Å². The van der Waals surface area contributed by atoms with Crippen LogP contribution < -0.4 is 5.32 Å². The lowest BCUT2D eigenvalue weighted by atomic mass is 9.83. The number of imide groups is 1. The van der Waals surface area contributed by atoms with Crippen molar-refractivity contribution in [1.82, 2.24) is 5.01 Å². The van der Waals surface area contributed by atoms with E-state index >= 15 is 0 Å². The Labute approximate surface area is 193 Å². The van der Waals surface area contributed by atoms with Gasteiger partial charge in [0.05, 0.1) is 11.4 Å². The molecule has 0 atom stereocenters. The lowest BCUT2D eigenvalue weighted by molar-refractivity contribution is -0.132. The predicted octanol–water partition coefficient (Wildman–Crippen LogP) is 7.18. The predicted molar refractivity (Wildman–Crippen MR) is 130 cm³/mol. The fraction of sp³-hybridized carbons (Fsp3) is 0.667. The van der Waals surface area contributed by atoms with Gasteiger partial charge >= 0.3 is 6.03 Å². The molecule has 0 bridgehead atoms. The minimum atomic E-state index is -0.401. The van der Waals surface area contributed by atoms with E-state index in [4.69, 9.17) is 5.10 Å². The van der Waals surface area contributed by atoms with Crippen molar-refractivity contribution >= 4 is 23.3 Å². The Balaban J connectivity index is 1.62. The fourth-order valence-corrected chi connectivity index (χ4v) is 5.59. The second kappa shape index (κ2) is 11.1. The molecular weight excluding hydrogens is 398 g/mol. The van der Waals surface area contributed by atoms with Gasteiger partial charge in [-0.25, -0.2) is 4.79 Å². The van der Waals surface area contributed by atoms with Crippen LogP contribution in [0.15, 0.2) is 23.3 Å². The molecule has 1 aromatic rings. The Morgan fingerprint density at radius 1 is 0.875 bits per heavy atom. The number of carbonyl (C=O) groups is 2. The molecule has 0 aromatic heterocycles. The molecule has 1 aliphatic heterocycles. The summed E-state index contributed by atoms with van der Waals surface area (Å²) in [5.41, 5.74) is 3.78. The smallest absolute Gasteiger partial charge is 0.305 e. The van der Waals surface area contributed by atoms with Gasteiger partial charge in [0.15, 0.2) is 0 Å². The first kappa shape index (κ1) is 23.0. The average molecular weight is 438 g/mol. The number of nitrogens with zero attached hydrogens (tertiary/aromatic N) is 2. The van der Waals surface area contributed by atoms with Gasteiger partial charge in [-0.1, -0.05) is 82.8 Å². The zero-order valence-corrected chi connectivity index (χ0v) is 19.7. The highest BCUT2D eigenvalue weighted by Crippen LogP contribution is 2.33. The summed E-state index contributed by atoms with van der Waals surface area (Å²) in [7, 11) is 0. The van der Waals surface area contributed by atoms with E-state index < -0.39 is 6.03 Å². The first-order valence-corrected chi connectivity index (χ1v) is 13.0. The molecule has 0 unspecified atom stereocenters. The lowest BCUT2D eigenvalue weighted by Crippen LogP contribution is -2.40. The number of fused-ring (bicyclic) bond motifs is 1. The molecule has 1 N–H and O–H groups in total. The number of rotatable bonds is 2. The number of amides is 3. The summed E-state index contributed by atoms with van der Waals surface area (Å²) in [6.07, 6.45) is 17.1. The van der Waals surface area contributed by atoms with E-state index in [2.05, 4.69) is 17.4 Å². The molecule has 32 heavy (non-hydrogen) atoms. The summed E-state index contributed by atoms with van der Waals surface area (Å²) >= 11 is 0. The van der Waals surface area contributed by atoms with Gasteiger partial charge in [-0.2, -0.15) is 5.10 Å². The van der Waals surface area contributed by atoms with Gasteiger partial charge in [0.2, 0.25) is 0 Å². The van der Waals surface area contributed by atoms with Crippen molar-refractivity contribution in [2.45, 2.75) is 103 Å². The number of aryl methyl sites for hydroxylation is 1. The fourth-order valence-electron chi connectivity index (χ4n) is 5.59. The molecule has 5 nitrogen and oxygen atoms in total. The van der Waals surface area contributed by atoms with Gasteiger partial charge in [-0.15, -0.1) is 5.01 Å². The monoisotopic (exact) mass is 437 g/mol. The summed E-state index contributed by atoms with van der Waals surface area (Å²) in [4.78, 5) is 26.9. The Hall–Kier alpha value is -2.17. The highest BCUT2D eigenvalue weighted by atomic mass is 16.2. The SMILES string of the molecule is Cc1ccc2c(c1)NC(=O)N(C(=O)C1CCCCCCCCCC1)N=C2C1CCCCC1. The third kappa shape index (κ3) is 5.60. The average Bonchev–Trinajstić information content (AvgIpc) is 2.98. The van der Waals surface area contributed by atoms with Gasteiger partial charge in [-0.05, 0) is 44.2 Å². The third-order valence-corrected chi connectivity index (χ3v) is 7.50. The van der Waals surface area contributed by atoms with Crippen LogP contribution in [-0.4, -0.2) is 22.7 Å². The maximum absolute atomic E-state index is 13.7. The number of urea groups is 1. The normalized spacial score (nSPS) is 22.2. The second-order valence-corrected chi connectivity index (χ2v) is 10.1. The van der Waals surface area contributed by atoms with E-state index in [9.17, 15) is 9.59 Å². The largest absolute Gasteiger partial charge is 0.349 e. The van der Waals surface area contributed by atoms with Crippen LogP contribution in [0.3, 0.4) is 0 Å². The van der Waals surface area contributed by atoms with Gasteiger partial charge in [0.25, 0.3) is 5.91 Å². The first-order valence-electron chi connectivity index (χ1n) is 13.0. The Kier molecular flexibility index (Phi) is 7.99. The van der Waals surface area contributed by atoms with Crippen LogP contribution in [0.5, 0.6) is 0 Å². The van der Waals surface area contributed by atoms with E-state index in [0.29, 0.717) is 5.92 Å². The quantitative estimate of drug-likeness (QED) is 0.532. The second-order valence-electron chi connectivity index (χ2n) is 10.1. The van der Waals surface area contributed by atoms with Crippen molar-refractivity contribution in [3.05, 3.63) is 29.3 Å². The van der Waals surface area contributed by atoms with Gasteiger partial charge < -0.3 is 5.32 Å². The van der Waals surface area contributed by atoms with Crippen LogP contribution in [0, 0.1) is 18.8 Å². The highest BCUT2D eigenvalue weighted by Gasteiger charge is 2.34. The topological polar surface area (TPSA) is 61.8 Å². The number of anilines is 1. The van der Waals surface area contributed by atoms with Crippen LogP contribution in [0.25, 0.3) is 0 Å². The zero-order valence-electron chi connectivity index (χ0n) is 19.7. The standard InChI is InChI=1S/C27H39N3O2/c1-20-17-18-23-24(19-20)28-27(32)30(29-25(23)21-13-11-8-12-14-21)26(31)22-15-9-6-4-2-3-5-7-10-16-22/h17-19,21-22H,2-16H2,1H3,(H,28,32). The number of benzene rings is 1. The molecule has 4 rings (SSSR count). The van der Waals surface area contributed by atoms with Crippen LogP contribution in [-0.2, 0) is 4.79 Å². The number of hydrazone groups is 1. The molecule has 1 aromatic carbocycles. The van der Waals surface area contributed by atoms with Crippen molar-refractivity contribution in [3.63, 3.8) is 0 Å². The Bertz CT molecular complexity index is 829. The summed E-state index contributed by atoms with van der Waals surface area (Å²) in [5.74, 6) is 0.0819. The van der Waals surface area contributed by atoms with E-state index in [1.54, 1.807) is 0 Å². The third-order valence-electron chi connectivity index (χ3n) is 7.50. The van der Waals surface area contributed by atoms with Gasteiger partial charge in [0.1, 0.15) is 0 Å². The first-order chi connectivity index (χ1) is 15.6. The zero-order chi connectivity index (χ0) is 22.3. The summed E-state index contributed by atoms with van der Waals surface area (Å²) in [6, 6.07) is 5.75. The molecule has 0 saturated heterocycles. The number of carbonyl (C=O) groups excluding carboxylic acids is 2. The lowest BCUT2D eigenvalue weighted by Gasteiger charge is -2.25. The summed E-state index contributed by atoms with van der Waals surface area (Å²) < 4.78 is 0. The van der Waals surface area contributed by atoms with E-state index in [1.807, 2.05) is 13.0 Å². The summed E-state index contributed by atoms with van der Waals surface area (Å²) in [6.45, 7) is 2.03. The molecule has 0 radical (unpaired) electrons. The molecule has 2 saturated carbocycles. The van der Waals surface area contributed by atoms with E-state index in [1.165, 1.54) is 62.8 Å². The number of nitrogens with one attached hydrogen (secondary N) is 1. The number of hydrogen-bond acceptors (Lipinski definition) is 3. The minimum Gasteiger partial charge on any atom is -0.305 e. The maximum Gasteiger partial charge on any atom is 0.349 e. The van der Waals surface area contributed by atoms with Gasteiger partial charge in [0, 0.05) is 17.4 Å². The van der Waals surface area contributed by atoms with Crippen LogP contribution in [0.2, 0.25) is 0 Å². The van der Waals surface area contributed by atoms with Crippen LogP contribution >= 0.6 is 0 Å². The van der Waals surface area contributed by atoms with Gasteiger partial charge in [-0.3, -0.25) is 4.79 Å². The van der Waals surface area contributed by atoms with E-state index in [-0.39, 0.29) is 11.8 Å². The molecule has 2 aliphatic carbocycles. The van der Waals surface area contributed by atoms with Crippen LogP contribution in [0.4, 0.5) is 10.5 Å². The molecular formula is C27H39N3O2. The van der Waals surface area contributed by atoms with Crippen molar-refractivity contribution in [2.24, 2.45) is 16.9 Å². The molecule has 3 aliphatic rings. The van der Waals surface area contributed by atoms with E-state index in [0.717, 1.165) is 61.1 Å². The molecule has 5 heteroatoms. The number of hydrogen-bond donors (Lipinski definition) is 1. The van der Waals surface area contributed by atoms with Crippen molar-refractivity contribution in [2.75, 3.05) is 5.32 Å². The Morgan fingerprint density at radius 3 is 2.09 bits per heavy atom. The molecule has 3 amide bonds. The van der Waals surface area contributed by atoms with Crippen LogP contribution in [0.1, 0.15) is 107 Å².